The zero-order chi connectivity index (χ0) is 14.9. The van der Waals surface area contributed by atoms with E-state index in [9.17, 15) is 0 Å². The summed E-state index contributed by atoms with van der Waals surface area (Å²) in [6.45, 7) is 4.60. The molecule has 0 aromatic heterocycles. The van der Waals surface area contributed by atoms with Crippen molar-refractivity contribution in [1.82, 2.24) is 5.32 Å². The summed E-state index contributed by atoms with van der Waals surface area (Å²) in [7, 11) is 6.94. The van der Waals surface area contributed by atoms with E-state index in [1.54, 1.807) is 21.3 Å². The number of hydrogen-bond donors (Lipinski definition) is 1. The zero-order valence-electron chi connectivity index (χ0n) is 13.2. The molecule has 0 radical (unpaired) electrons. The Labute approximate surface area is 121 Å². The van der Waals surface area contributed by atoms with E-state index in [1.807, 2.05) is 13.1 Å². The molecule has 20 heavy (non-hydrogen) atoms. The smallest absolute Gasteiger partial charge is 0.203 e. The highest BCUT2D eigenvalue weighted by Gasteiger charge is 2.50. The van der Waals surface area contributed by atoms with Crippen LogP contribution in [0.4, 0.5) is 0 Å². The minimum absolute atomic E-state index is 0.264. The van der Waals surface area contributed by atoms with Crippen molar-refractivity contribution in [3.63, 3.8) is 0 Å². The fourth-order valence-corrected chi connectivity index (χ4v) is 3.02. The lowest BCUT2D eigenvalue weighted by Gasteiger charge is -2.23. The van der Waals surface area contributed by atoms with Crippen LogP contribution >= 0.6 is 0 Å². The van der Waals surface area contributed by atoms with Gasteiger partial charge in [0.15, 0.2) is 11.5 Å². The van der Waals surface area contributed by atoms with E-state index in [2.05, 4.69) is 25.2 Å². The lowest BCUT2D eigenvalue weighted by Crippen LogP contribution is -2.21. The molecule has 0 amide bonds. The number of methoxy groups -OCH3 is 3. The van der Waals surface area contributed by atoms with Crippen LogP contribution in [0.2, 0.25) is 0 Å². The highest BCUT2D eigenvalue weighted by atomic mass is 16.5. The summed E-state index contributed by atoms with van der Waals surface area (Å²) in [5, 5.41) is 3.42. The van der Waals surface area contributed by atoms with Gasteiger partial charge in [-0.2, -0.15) is 0 Å². The van der Waals surface area contributed by atoms with Gasteiger partial charge in [0.25, 0.3) is 0 Å². The van der Waals surface area contributed by atoms with Gasteiger partial charge in [0, 0.05) is 11.6 Å². The molecular formula is C16H25NO3. The van der Waals surface area contributed by atoms with Gasteiger partial charge in [-0.3, -0.25) is 0 Å². The second kappa shape index (κ2) is 5.52. The van der Waals surface area contributed by atoms with E-state index in [0.29, 0.717) is 22.8 Å². The van der Waals surface area contributed by atoms with E-state index in [0.717, 1.165) is 11.3 Å². The van der Waals surface area contributed by atoms with E-state index in [1.165, 1.54) is 6.42 Å². The zero-order valence-corrected chi connectivity index (χ0v) is 13.2. The number of rotatable bonds is 6. The molecule has 2 unspecified atom stereocenters. The molecule has 0 saturated heterocycles. The summed E-state index contributed by atoms with van der Waals surface area (Å²) in [6, 6.07) is 4.27. The second-order valence-electron chi connectivity index (χ2n) is 5.99. The number of ether oxygens (including phenoxy) is 3. The minimum atomic E-state index is 0.264. The summed E-state index contributed by atoms with van der Waals surface area (Å²) in [4.78, 5) is 0. The van der Waals surface area contributed by atoms with Gasteiger partial charge in [-0.25, -0.2) is 0 Å². The Hall–Kier alpha value is -1.42. The molecule has 2 atom stereocenters. The fraction of sp³-hybridized carbons (Fsp3) is 0.625. The molecule has 4 heteroatoms. The molecule has 1 aromatic carbocycles. The van der Waals surface area contributed by atoms with Crippen LogP contribution in [-0.4, -0.2) is 28.4 Å². The van der Waals surface area contributed by atoms with Crippen molar-refractivity contribution in [3.05, 3.63) is 17.7 Å². The van der Waals surface area contributed by atoms with Gasteiger partial charge < -0.3 is 19.5 Å². The third-order valence-corrected chi connectivity index (χ3v) is 4.37. The Morgan fingerprint density at radius 1 is 1.10 bits per heavy atom. The monoisotopic (exact) mass is 279 g/mol. The third kappa shape index (κ3) is 2.44. The Kier molecular flexibility index (Phi) is 4.14. The highest BCUT2D eigenvalue weighted by Crippen LogP contribution is 2.59. The van der Waals surface area contributed by atoms with Crippen LogP contribution in [0.1, 0.15) is 31.9 Å². The van der Waals surface area contributed by atoms with E-state index < -0.39 is 0 Å². The summed E-state index contributed by atoms with van der Waals surface area (Å²) in [5.74, 6) is 2.72. The molecule has 0 aliphatic heterocycles. The predicted octanol–water partition coefficient (Wildman–Crippen LogP) is 3.02. The minimum Gasteiger partial charge on any atom is -0.493 e. The van der Waals surface area contributed by atoms with E-state index in [-0.39, 0.29) is 6.04 Å². The van der Waals surface area contributed by atoms with Crippen molar-refractivity contribution in [2.45, 2.75) is 26.3 Å². The lowest BCUT2D eigenvalue weighted by molar-refractivity contribution is 0.316. The van der Waals surface area contributed by atoms with Crippen molar-refractivity contribution in [2.75, 3.05) is 28.4 Å². The quantitative estimate of drug-likeness (QED) is 0.869. The normalized spacial score (nSPS) is 21.2. The highest BCUT2D eigenvalue weighted by molar-refractivity contribution is 5.57. The molecule has 1 aliphatic carbocycles. The van der Waals surface area contributed by atoms with Crippen LogP contribution < -0.4 is 19.5 Å². The molecule has 2 rings (SSSR count). The predicted molar refractivity (Wildman–Crippen MR) is 79.8 cm³/mol. The molecule has 0 bridgehead atoms. The average Bonchev–Trinajstić information content (AvgIpc) is 3.07. The Morgan fingerprint density at radius 3 is 2.10 bits per heavy atom. The maximum absolute atomic E-state index is 5.59. The van der Waals surface area contributed by atoms with Crippen LogP contribution in [0.25, 0.3) is 0 Å². The average molecular weight is 279 g/mol. The van der Waals surface area contributed by atoms with Crippen LogP contribution in [-0.2, 0) is 0 Å². The van der Waals surface area contributed by atoms with Gasteiger partial charge in [-0.1, -0.05) is 13.8 Å². The fourth-order valence-electron chi connectivity index (χ4n) is 3.02. The molecule has 1 N–H and O–H groups in total. The van der Waals surface area contributed by atoms with Gasteiger partial charge in [-0.15, -0.1) is 0 Å². The molecule has 4 nitrogen and oxygen atoms in total. The first-order chi connectivity index (χ1) is 9.50. The third-order valence-electron chi connectivity index (χ3n) is 4.37. The first-order valence-electron chi connectivity index (χ1n) is 6.96. The summed E-state index contributed by atoms with van der Waals surface area (Å²) in [5.41, 5.74) is 1.51. The topological polar surface area (TPSA) is 39.7 Å². The molecule has 1 saturated carbocycles. The van der Waals surface area contributed by atoms with Gasteiger partial charge in [0.05, 0.1) is 21.3 Å². The summed E-state index contributed by atoms with van der Waals surface area (Å²) >= 11 is 0. The Balaban J connectivity index is 2.45. The van der Waals surface area contributed by atoms with Crippen molar-refractivity contribution in [1.29, 1.82) is 0 Å². The molecule has 1 aromatic rings. The van der Waals surface area contributed by atoms with Crippen molar-refractivity contribution < 1.29 is 14.2 Å². The first kappa shape index (κ1) is 15.0. The van der Waals surface area contributed by atoms with Crippen molar-refractivity contribution >= 4 is 0 Å². The Morgan fingerprint density at radius 2 is 1.70 bits per heavy atom. The van der Waals surface area contributed by atoms with Crippen LogP contribution in [0.15, 0.2) is 12.1 Å². The molecule has 1 fully saturated rings. The maximum Gasteiger partial charge on any atom is 0.203 e. The van der Waals surface area contributed by atoms with E-state index in [4.69, 9.17) is 14.2 Å². The standard InChI is InChI=1S/C16H25NO3/c1-16(2)9-11(16)13(17-3)10-7-8-12(18-4)15(20-6)14(10)19-5/h7-8,11,13,17H,9H2,1-6H3. The molecule has 0 spiro atoms. The van der Waals surface area contributed by atoms with E-state index >= 15 is 0 Å². The number of hydrogen-bond acceptors (Lipinski definition) is 4. The van der Waals surface area contributed by atoms with Gasteiger partial charge in [0.1, 0.15) is 0 Å². The Bertz CT molecular complexity index is 485. The maximum atomic E-state index is 5.59. The van der Waals surface area contributed by atoms with Crippen LogP contribution in [0, 0.1) is 11.3 Å². The molecule has 0 heterocycles. The number of nitrogens with one attached hydrogen (secondary N) is 1. The number of benzene rings is 1. The largest absolute Gasteiger partial charge is 0.493 e. The van der Waals surface area contributed by atoms with Crippen LogP contribution in [0.5, 0.6) is 17.2 Å². The molecular weight excluding hydrogens is 254 g/mol. The van der Waals surface area contributed by atoms with Gasteiger partial charge >= 0.3 is 0 Å². The van der Waals surface area contributed by atoms with Crippen LogP contribution in [0.3, 0.4) is 0 Å². The van der Waals surface area contributed by atoms with Gasteiger partial charge in [-0.05, 0) is 36.9 Å². The summed E-state index contributed by atoms with van der Waals surface area (Å²) < 4.78 is 16.4. The van der Waals surface area contributed by atoms with Gasteiger partial charge in [0.2, 0.25) is 5.75 Å². The SMILES string of the molecule is CNC(c1ccc(OC)c(OC)c1OC)C1CC1(C)C. The second-order valence-corrected chi connectivity index (χ2v) is 5.99. The van der Waals surface area contributed by atoms with Crippen molar-refractivity contribution in [2.24, 2.45) is 11.3 Å². The lowest BCUT2D eigenvalue weighted by atomic mass is 9.96. The first-order valence-corrected chi connectivity index (χ1v) is 6.96. The molecule has 112 valence electrons. The molecule has 1 aliphatic rings. The summed E-state index contributed by atoms with van der Waals surface area (Å²) in [6.07, 6.45) is 1.22. The van der Waals surface area contributed by atoms with Crippen molar-refractivity contribution in [3.8, 4) is 17.2 Å².